The quantitative estimate of drug-likeness (QED) is 0.751. The average molecular weight is 293 g/mol. The molecule has 7 nitrogen and oxygen atoms in total. The van der Waals surface area contributed by atoms with Crippen molar-refractivity contribution in [2.45, 2.75) is 46.2 Å². The topological polar surface area (TPSA) is 96.0 Å². The number of nitrogens with one attached hydrogen (secondary N) is 3. The van der Waals surface area contributed by atoms with Gasteiger partial charge in [0.25, 0.3) is 5.91 Å². The van der Waals surface area contributed by atoms with Crippen LogP contribution < -0.4 is 16.0 Å². The van der Waals surface area contributed by atoms with Gasteiger partial charge in [-0.15, -0.1) is 0 Å². The number of carbonyl (C=O) groups is 2. The normalized spacial score (nSPS) is 12.4. The van der Waals surface area contributed by atoms with Crippen LogP contribution in [0.1, 0.15) is 45.1 Å². The zero-order valence-electron chi connectivity index (χ0n) is 13.2. The first-order valence-corrected chi connectivity index (χ1v) is 6.91. The molecule has 1 heterocycles. The summed E-state index contributed by atoms with van der Waals surface area (Å²) in [4.78, 5) is 32.1. The molecule has 0 saturated heterocycles. The first kappa shape index (κ1) is 16.9. The van der Waals surface area contributed by atoms with E-state index in [-0.39, 0.29) is 17.1 Å². The van der Waals surface area contributed by atoms with Gasteiger partial charge < -0.3 is 16.0 Å². The minimum atomic E-state index is -0.652. The van der Waals surface area contributed by atoms with Gasteiger partial charge in [0.05, 0.1) is 12.4 Å². The van der Waals surface area contributed by atoms with E-state index in [0.717, 1.165) is 0 Å². The molecule has 21 heavy (non-hydrogen) atoms. The molecule has 0 spiro atoms. The van der Waals surface area contributed by atoms with Crippen LogP contribution in [0, 0.1) is 0 Å². The Morgan fingerprint density at radius 2 is 1.95 bits per heavy atom. The molecule has 1 unspecified atom stereocenters. The Kier molecular flexibility index (Phi) is 5.63. The first-order valence-electron chi connectivity index (χ1n) is 6.91. The second-order valence-electron chi connectivity index (χ2n) is 5.75. The maximum absolute atomic E-state index is 12.1. The van der Waals surface area contributed by atoms with Crippen LogP contribution in [0.5, 0.6) is 0 Å². The van der Waals surface area contributed by atoms with Crippen LogP contribution in [0.15, 0.2) is 12.4 Å². The lowest BCUT2D eigenvalue weighted by molar-refractivity contribution is -0.124. The molecule has 0 aliphatic rings. The van der Waals surface area contributed by atoms with E-state index in [2.05, 4.69) is 25.9 Å². The van der Waals surface area contributed by atoms with E-state index in [1.165, 1.54) is 12.4 Å². The lowest BCUT2D eigenvalue weighted by Crippen LogP contribution is -2.50. The standard InChI is InChI=1S/C14H23N5O2/c1-6-16-11-8-15-7-10(18-11)13(21)17-9(2)12(20)19-14(3,4)5/h7-9H,6H2,1-5H3,(H,16,18)(H,17,21)(H,19,20). The van der Waals surface area contributed by atoms with E-state index in [4.69, 9.17) is 0 Å². The van der Waals surface area contributed by atoms with Gasteiger partial charge in [-0.3, -0.25) is 14.6 Å². The van der Waals surface area contributed by atoms with Crippen molar-refractivity contribution < 1.29 is 9.59 Å². The van der Waals surface area contributed by atoms with Crippen LogP contribution in [-0.2, 0) is 4.79 Å². The maximum Gasteiger partial charge on any atom is 0.272 e. The molecule has 0 fully saturated rings. The van der Waals surface area contributed by atoms with Crippen molar-refractivity contribution in [3.8, 4) is 0 Å². The lowest BCUT2D eigenvalue weighted by Gasteiger charge is -2.23. The third-order valence-electron chi connectivity index (χ3n) is 2.46. The molecule has 7 heteroatoms. The van der Waals surface area contributed by atoms with Crippen LogP contribution in [0.25, 0.3) is 0 Å². The number of hydrogen-bond acceptors (Lipinski definition) is 5. The zero-order chi connectivity index (χ0) is 16.0. The van der Waals surface area contributed by atoms with Gasteiger partial charge in [0, 0.05) is 12.1 Å². The van der Waals surface area contributed by atoms with Crippen molar-refractivity contribution >= 4 is 17.6 Å². The highest BCUT2D eigenvalue weighted by atomic mass is 16.2. The minimum absolute atomic E-state index is 0.170. The largest absolute Gasteiger partial charge is 0.369 e. The van der Waals surface area contributed by atoms with E-state index < -0.39 is 11.9 Å². The van der Waals surface area contributed by atoms with Crippen LogP contribution in [-0.4, -0.2) is 39.9 Å². The van der Waals surface area contributed by atoms with E-state index in [1.54, 1.807) is 6.92 Å². The van der Waals surface area contributed by atoms with Gasteiger partial charge >= 0.3 is 0 Å². The number of hydrogen-bond donors (Lipinski definition) is 3. The molecule has 0 aliphatic heterocycles. The molecule has 2 amide bonds. The van der Waals surface area contributed by atoms with Gasteiger partial charge in [0.1, 0.15) is 17.6 Å². The highest BCUT2D eigenvalue weighted by Gasteiger charge is 2.21. The summed E-state index contributed by atoms with van der Waals surface area (Å²) in [7, 11) is 0. The van der Waals surface area contributed by atoms with Crippen LogP contribution in [0.2, 0.25) is 0 Å². The molecule has 1 atom stereocenters. The summed E-state index contributed by atoms with van der Waals surface area (Å²) in [6.45, 7) is 9.87. The Hall–Kier alpha value is -2.18. The second-order valence-corrected chi connectivity index (χ2v) is 5.75. The Morgan fingerprint density at radius 1 is 1.29 bits per heavy atom. The summed E-state index contributed by atoms with van der Waals surface area (Å²) in [5.74, 6) is -0.151. The number of aromatic nitrogens is 2. The summed E-state index contributed by atoms with van der Waals surface area (Å²) in [5, 5.41) is 8.39. The predicted octanol–water partition coefficient (Wildman–Crippen LogP) is 0.941. The fraction of sp³-hybridized carbons (Fsp3) is 0.571. The fourth-order valence-electron chi connectivity index (χ4n) is 1.56. The number of amides is 2. The summed E-state index contributed by atoms with van der Waals surface area (Å²) in [6, 6.07) is -0.652. The van der Waals surface area contributed by atoms with Gasteiger partial charge in [-0.05, 0) is 34.6 Å². The van der Waals surface area contributed by atoms with E-state index in [0.29, 0.717) is 12.4 Å². The molecule has 1 aromatic heterocycles. The summed E-state index contributed by atoms with van der Waals surface area (Å²) >= 11 is 0. The van der Waals surface area contributed by atoms with E-state index >= 15 is 0 Å². The van der Waals surface area contributed by atoms with E-state index in [1.807, 2.05) is 27.7 Å². The predicted molar refractivity (Wildman–Crippen MR) is 81.0 cm³/mol. The monoisotopic (exact) mass is 293 g/mol. The van der Waals surface area contributed by atoms with Gasteiger partial charge in [0.2, 0.25) is 5.91 Å². The van der Waals surface area contributed by atoms with Crippen molar-refractivity contribution in [3.05, 3.63) is 18.1 Å². The molecule has 1 rings (SSSR count). The molecule has 3 N–H and O–H groups in total. The molecule has 0 bridgehead atoms. The molecule has 1 aromatic rings. The number of nitrogens with zero attached hydrogens (tertiary/aromatic N) is 2. The highest BCUT2D eigenvalue weighted by molar-refractivity contribution is 5.96. The summed E-state index contributed by atoms with van der Waals surface area (Å²) in [6.07, 6.45) is 2.90. The van der Waals surface area contributed by atoms with Crippen molar-refractivity contribution in [3.63, 3.8) is 0 Å². The smallest absolute Gasteiger partial charge is 0.272 e. The zero-order valence-corrected chi connectivity index (χ0v) is 13.2. The summed E-state index contributed by atoms with van der Waals surface area (Å²) in [5.41, 5.74) is -0.176. The Bertz CT molecular complexity index is 510. The Balaban J connectivity index is 2.68. The van der Waals surface area contributed by atoms with Crippen molar-refractivity contribution in [2.24, 2.45) is 0 Å². The van der Waals surface area contributed by atoms with Crippen LogP contribution in [0.4, 0.5) is 5.82 Å². The van der Waals surface area contributed by atoms with Crippen molar-refractivity contribution in [2.75, 3.05) is 11.9 Å². The number of rotatable bonds is 5. The molecular formula is C14H23N5O2. The first-order chi connectivity index (χ1) is 9.73. The lowest BCUT2D eigenvalue weighted by atomic mass is 10.1. The van der Waals surface area contributed by atoms with Crippen LogP contribution >= 0.6 is 0 Å². The van der Waals surface area contributed by atoms with Crippen molar-refractivity contribution in [1.29, 1.82) is 0 Å². The highest BCUT2D eigenvalue weighted by Crippen LogP contribution is 2.03. The SMILES string of the molecule is CCNc1cncc(C(=O)NC(C)C(=O)NC(C)(C)C)n1. The molecule has 0 radical (unpaired) electrons. The fourth-order valence-corrected chi connectivity index (χ4v) is 1.56. The Morgan fingerprint density at radius 3 is 2.52 bits per heavy atom. The van der Waals surface area contributed by atoms with Gasteiger partial charge in [0.15, 0.2) is 0 Å². The number of carbonyl (C=O) groups excluding carboxylic acids is 2. The number of anilines is 1. The average Bonchev–Trinajstić information content (AvgIpc) is 2.37. The van der Waals surface area contributed by atoms with Gasteiger partial charge in [-0.1, -0.05) is 0 Å². The molecule has 116 valence electrons. The van der Waals surface area contributed by atoms with Gasteiger partial charge in [-0.25, -0.2) is 4.98 Å². The molecule has 0 saturated carbocycles. The van der Waals surface area contributed by atoms with E-state index in [9.17, 15) is 9.59 Å². The Labute approximate surface area is 124 Å². The maximum atomic E-state index is 12.1. The molecular weight excluding hydrogens is 270 g/mol. The van der Waals surface area contributed by atoms with Crippen LogP contribution in [0.3, 0.4) is 0 Å². The third-order valence-corrected chi connectivity index (χ3v) is 2.46. The summed E-state index contributed by atoms with van der Waals surface area (Å²) < 4.78 is 0. The van der Waals surface area contributed by atoms with Crippen molar-refractivity contribution in [1.82, 2.24) is 20.6 Å². The third kappa shape index (κ3) is 5.76. The van der Waals surface area contributed by atoms with Gasteiger partial charge in [-0.2, -0.15) is 0 Å². The molecule has 0 aromatic carbocycles. The molecule has 0 aliphatic carbocycles. The minimum Gasteiger partial charge on any atom is -0.369 e. The second kappa shape index (κ2) is 7.01.